The lowest BCUT2D eigenvalue weighted by Gasteiger charge is -2.20. The van der Waals surface area contributed by atoms with Crippen LogP contribution in [0.4, 0.5) is 0 Å². The average molecular weight is 252 g/mol. The number of hydrogen-bond donors (Lipinski definition) is 0. The van der Waals surface area contributed by atoms with Crippen molar-refractivity contribution in [3.05, 3.63) is 23.7 Å². The highest BCUT2D eigenvalue weighted by atomic mass is 32.1. The van der Waals surface area contributed by atoms with Gasteiger partial charge in [-0.15, -0.1) is 0 Å². The predicted molar refractivity (Wildman–Crippen MR) is 73.5 cm³/mol. The number of furan rings is 1. The molecule has 2 unspecified atom stereocenters. The van der Waals surface area contributed by atoms with Crippen LogP contribution in [0, 0.1) is 18.8 Å². The van der Waals surface area contributed by atoms with Crippen LogP contribution in [0.25, 0.3) is 0 Å². The van der Waals surface area contributed by atoms with E-state index in [4.69, 9.17) is 16.6 Å². The lowest BCUT2D eigenvalue weighted by Crippen LogP contribution is -2.20. The van der Waals surface area contributed by atoms with Crippen LogP contribution in [-0.2, 0) is 4.79 Å². The van der Waals surface area contributed by atoms with Crippen molar-refractivity contribution < 1.29 is 9.21 Å². The Kier molecular flexibility index (Phi) is 5.06. The Labute approximate surface area is 108 Å². The fourth-order valence-corrected chi connectivity index (χ4v) is 2.21. The first kappa shape index (κ1) is 14.1. The van der Waals surface area contributed by atoms with Crippen molar-refractivity contribution >= 4 is 23.4 Å². The van der Waals surface area contributed by atoms with Crippen molar-refractivity contribution in [1.82, 2.24) is 0 Å². The maximum atomic E-state index is 12.3. The first-order chi connectivity index (χ1) is 7.97. The number of rotatable bonds is 6. The molecular weight excluding hydrogens is 232 g/mol. The van der Waals surface area contributed by atoms with Crippen LogP contribution in [0.1, 0.15) is 44.4 Å². The molecule has 0 aromatic carbocycles. The highest BCUT2D eigenvalue weighted by Crippen LogP contribution is 2.30. The van der Waals surface area contributed by atoms with Gasteiger partial charge in [-0.1, -0.05) is 33.0 Å². The summed E-state index contributed by atoms with van der Waals surface area (Å²) in [5, 5.41) is 1.66. The van der Waals surface area contributed by atoms with Crippen molar-refractivity contribution in [2.75, 3.05) is 0 Å². The van der Waals surface area contributed by atoms with Crippen molar-refractivity contribution in [2.45, 2.75) is 40.0 Å². The van der Waals surface area contributed by atoms with E-state index in [1.807, 2.05) is 19.9 Å². The van der Waals surface area contributed by atoms with Crippen LogP contribution in [0.5, 0.6) is 0 Å². The van der Waals surface area contributed by atoms with E-state index in [0.29, 0.717) is 6.42 Å². The molecule has 0 radical (unpaired) electrons. The summed E-state index contributed by atoms with van der Waals surface area (Å²) in [5.41, 5.74) is 1.02. The zero-order valence-corrected chi connectivity index (χ0v) is 11.7. The Morgan fingerprint density at radius 2 is 2.12 bits per heavy atom. The molecule has 1 aromatic heterocycles. The Morgan fingerprint density at radius 1 is 1.47 bits per heavy atom. The zero-order valence-electron chi connectivity index (χ0n) is 10.9. The van der Waals surface area contributed by atoms with Crippen LogP contribution in [0.2, 0.25) is 0 Å². The quantitative estimate of drug-likeness (QED) is 0.719. The summed E-state index contributed by atoms with van der Waals surface area (Å²) in [7, 11) is 0. The van der Waals surface area contributed by atoms with E-state index in [-0.39, 0.29) is 23.5 Å². The molecule has 0 spiro atoms. The van der Waals surface area contributed by atoms with E-state index >= 15 is 0 Å². The standard InChI is InChI=1S/C14H20O2S/c1-9(2)14(12-5-6-16-11(12)4)13(15)7-10(3)8-17/h5-6,8-10,14H,7H2,1-4H3. The summed E-state index contributed by atoms with van der Waals surface area (Å²) in [4.78, 5) is 12.3. The molecule has 1 heterocycles. The molecule has 0 saturated carbocycles. The first-order valence-corrected chi connectivity index (χ1v) is 6.46. The average Bonchev–Trinajstić information content (AvgIpc) is 2.64. The van der Waals surface area contributed by atoms with E-state index in [2.05, 4.69) is 13.8 Å². The van der Waals surface area contributed by atoms with Crippen LogP contribution < -0.4 is 0 Å². The van der Waals surface area contributed by atoms with E-state index in [1.54, 1.807) is 11.6 Å². The first-order valence-electron chi connectivity index (χ1n) is 5.99. The van der Waals surface area contributed by atoms with Gasteiger partial charge < -0.3 is 4.42 Å². The number of aryl methyl sites for hydroxylation is 1. The summed E-state index contributed by atoms with van der Waals surface area (Å²) in [6, 6.07) is 1.90. The van der Waals surface area contributed by atoms with Crippen LogP contribution in [0.3, 0.4) is 0 Å². The smallest absolute Gasteiger partial charge is 0.141 e. The molecule has 2 atom stereocenters. The fraction of sp³-hybridized carbons (Fsp3) is 0.571. The number of thiocarbonyl (C=S) groups is 1. The topological polar surface area (TPSA) is 30.2 Å². The lowest BCUT2D eigenvalue weighted by atomic mass is 9.82. The van der Waals surface area contributed by atoms with Crippen molar-refractivity contribution in [3.8, 4) is 0 Å². The highest BCUT2D eigenvalue weighted by molar-refractivity contribution is 7.79. The normalized spacial score (nSPS) is 14.6. The summed E-state index contributed by atoms with van der Waals surface area (Å²) in [6.45, 7) is 8.01. The molecule has 17 heavy (non-hydrogen) atoms. The minimum atomic E-state index is -0.0776. The van der Waals surface area contributed by atoms with Crippen molar-refractivity contribution in [2.24, 2.45) is 11.8 Å². The summed E-state index contributed by atoms with van der Waals surface area (Å²) < 4.78 is 5.30. The van der Waals surface area contributed by atoms with Gasteiger partial charge in [-0.3, -0.25) is 4.79 Å². The van der Waals surface area contributed by atoms with Gasteiger partial charge in [-0.25, -0.2) is 0 Å². The van der Waals surface area contributed by atoms with Crippen molar-refractivity contribution in [1.29, 1.82) is 0 Å². The minimum Gasteiger partial charge on any atom is -0.469 e. The highest BCUT2D eigenvalue weighted by Gasteiger charge is 2.27. The van der Waals surface area contributed by atoms with Gasteiger partial charge in [0.25, 0.3) is 0 Å². The molecule has 0 aliphatic heterocycles. The van der Waals surface area contributed by atoms with Gasteiger partial charge >= 0.3 is 0 Å². The predicted octanol–water partition coefficient (Wildman–Crippen LogP) is 3.92. The van der Waals surface area contributed by atoms with Gasteiger partial charge in [0.2, 0.25) is 0 Å². The molecule has 2 nitrogen and oxygen atoms in total. The summed E-state index contributed by atoms with van der Waals surface area (Å²) >= 11 is 4.88. The molecule has 0 fully saturated rings. The van der Waals surface area contributed by atoms with E-state index in [0.717, 1.165) is 11.3 Å². The molecule has 1 rings (SSSR count). The van der Waals surface area contributed by atoms with Crippen LogP contribution in [0.15, 0.2) is 16.7 Å². The Hall–Kier alpha value is -0.960. The second-order valence-electron chi connectivity index (χ2n) is 4.94. The fourth-order valence-electron chi connectivity index (χ4n) is 2.11. The second kappa shape index (κ2) is 6.10. The van der Waals surface area contributed by atoms with Gasteiger partial charge in [-0.05, 0) is 30.2 Å². The Balaban J connectivity index is 2.91. The van der Waals surface area contributed by atoms with Crippen LogP contribution >= 0.6 is 12.2 Å². The van der Waals surface area contributed by atoms with Crippen LogP contribution in [-0.4, -0.2) is 11.2 Å². The molecular formula is C14H20O2S. The van der Waals surface area contributed by atoms with Gasteiger partial charge in [0.1, 0.15) is 11.5 Å². The molecule has 94 valence electrons. The number of ketones is 1. The number of carbonyl (C=O) groups excluding carboxylic acids is 1. The SMILES string of the molecule is Cc1occc1C(C(=O)CC(C)C=S)C(C)C. The second-order valence-corrected chi connectivity index (χ2v) is 5.21. The Morgan fingerprint density at radius 3 is 2.53 bits per heavy atom. The molecule has 0 bridgehead atoms. The largest absolute Gasteiger partial charge is 0.469 e. The number of hydrogen-bond acceptors (Lipinski definition) is 3. The van der Waals surface area contributed by atoms with Gasteiger partial charge in [-0.2, -0.15) is 0 Å². The molecule has 0 N–H and O–H groups in total. The van der Waals surface area contributed by atoms with E-state index in [1.165, 1.54) is 0 Å². The van der Waals surface area contributed by atoms with Gasteiger partial charge in [0.05, 0.1) is 6.26 Å². The number of Topliss-reactive ketones (excluding diaryl/α,β-unsaturated/α-hetero) is 1. The number of carbonyl (C=O) groups is 1. The third kappa shape index (κ3) is 3.50. The maximum Gasteiger partial charge on any atom is 0.141 e. The third-order valence-corrected chi connectivity index (χ3v) is 3.47. The maximum absolute atomic E-state index is 12.3. The minimum absolute atomic E-state index is 0.0776. The Bertz CT molecular complexity index is 393. The molecule has 0 amide bonds. The lowest BCUT2D eigenvalue weighted by molar-refractivity contribution is -0.121. The zero-order chi connectivity index (χ0) is 13.0. The van der Waals surface area contributed by atoms with E-state index in [9.17, 15) is 4.79 Å². The van der Waals surface area contributed by atoms with Crippen molar-refractivity contribution in [3.63, 3.8) is 0 Å². The summed E-state index contributed by atoms with van der Waals surface area (Å²) in [6.07, 6.45) is 2.16. The molecule has 1 aromatic rings. The molecule has 0 saturated heterocycles. The van der Waals surface area contributed by atoms with Gasteiger partial charge in [0.15, 0.2) is 0 Å². The summed E-state index contributed by atoms with van der Waals surface area (Å²) in [5.74, 6) is 1.44. The van der Waals surface area contributed by atoms with Gasteiger partial charge in [0, 0.05) is 17.9 Å². The molecule has 3 heteroatoms. The van der Waals surface area contributed by atoms with E-state index < -0.39 is 0 Å². The molecule has 0 aliphatic rings. The monoisotopic (exact) mass is 252 g/mol. The third-order valence-electron chi connectivity index (χ3n) is 3.00. The molecule has 0 aliphatic carbocycles.